The third-order valence-electron chi connectivity index (χ3n) is 3.74. The zero-order valence-corrected chi connectivity index (χ0v) is 10.4. The number of carbonyl (C=O) groups is 1. The van der Waals surface area contributed by atoms with Gasteiger partial charge in [0.15, 0.2) is 0 Å². The predicted octanol–water partition coefficient (Wildman–Crippen LogP) is 2.05. The number of fused-ring (bicyclic) bond motifs is 2. The van der Waals surface area contributed by atoms with Gasteiger partial charge in [0.1, 0.15) is 0 Å². The van der Waals surface area contributed by atoms with E-state index in [1.165, 1.54) is 12.8 Å². The Balaban J connectivity index is 2.12. The molecule has 2 bridgehead atoms. The molecule has 2 aliphatic heterocycles. The summed E-state index contributed by atoms with van der Waals surface area (Å²) in [4.78, 5) is 13.0. The molecule has 16 heavy (non-hydrogen) atoms. The summed E-state index contributed by atoms with van der Waals surface area (Å²) in [5, 5.41) is 12.9. The monoisotopic (exact) mass is 226 g/mol. The largest absolute Gasteiger partial charge is 0.465 e. The summed E-state index contributed by atoms with van der Waals surface area (Å²) in [7, 11) is 0. The van der Waals surface area contributed by atoms with Gasteiger partial charge < -0.3 is 15.3 Å². The van der Waals surface area contributed by atoms with Crippen molar-refractivity contribution < 1.29 is 9.90 Å². The number of nitrogens with one attached hydrogen (secondary N) is 1. The minimum absolute atomic E-state index is 0.191. The average molecular weight is 226 g/mol. The van der Waals surface area contributed by atoms with Gasteiger partial charge in [-0.3, -0.25) is 0 Å². The fourth-order valence-electron chi connectivity index (χ4n) is 3.23. The van der Waals surface area contributed by atoms with Crippen LogP contribution in [0.3, 0.4) is 0 Å². The number of hydrogen-bond donors (Lipinski definition) is 2. The van der Waals surface area contributed by atoms with Gasteiger partial charge in [0, 0.05) is 23.7 Å². The van der Waals surface area contributed by atoms with Crippen molar-refractivity contribution in [1.29, 1.82) is 0 Å². The van der Waals surface area contributed by atoms with E-state index in [4.69, 9.17) is 0 Å². The molecule has 2 heterocycles. The highest BCUT2D eigenvalue weighted by Gasteiger charge is 2.41. The van der Waals surface area contributed by atoms with E-state index in [0.29, 0.717) is 12.1 Å². The van der Waals surface area contributed by atoms with Gasteiger partial charge in [0.25, 0.3) is 0 Å². The molecule has 2 saturated heterocycles. The number of hydrogen-bond acceptors (Lipinski definition) is 2. The van der Waals surface area contributed by atoms with E-state index < -0.39 is 6.09 Å². The third-order valence-corrected chi connectivity index (χ3v) is 3.74. The average Bonchev–Trinajstić information content (AvgIpc) is 2.42. The normalized spacial score (nSPS) is 33.8. The fourth-order valence-corrected chi connectivity index (χ4v) is 3.23. The van der Waals surface area contributed by atoms with Gasteiger partial charge in [0.2, 0.25) is 0 Å². The smallest absolute Gasteiger partial charge is 0.407 e. The molecule has 0 aromatic rings. The van der Waals surface area contributed by atoms with Crippen molar-refractivity contribution in [2.75, 3.05) is 0 Å². The molecule has 0 aliphatic carbocycles. The van der Waals surface area contributed by atoms with Gasteiger partial charge in [-0.05, 0) is 46.5 Å². The molecule has 2 fully saturated rings. The molecule has 0 aromatic carbocycles. The first kappa shape index (κ1) is 11.7. The molecule has 0 spiro atoms. The van der Waals surface area contributed by atoms with E-state index in [0.717, 1.165) is 12.8 Å². The van der Waals surface area contributed by atoms with Gasteiger partial charge >= 0.3 is 6.09 Å². The minimum atomic E-state index is -0.779. The maximum Gasteiger partial charge on any atom is 0.407 e. The van der Waals surface area contributed by atoms with E-state index >= 15 is 0 Å². The van der Waals surface area contributed by atoms with Crippen LogP contribution >= 0.6 is 0 Å². The summed E-state index contributed by atoms with van der Waals surface area (Å²) in [6, 6.07) is 1.26. The van der Waals surface area contributed by atoms with Crippen LogP contribution in [0.2, 0.25) is 0 Å². The first-order valence-electron chi connectivity index (χ1n) is 6.16. The lowest BCUT2D eigenvalue weighted by Crippen LogP contribution is -2.56. The summed E-state index contributed by atoms with van der Waals surface area (Å²) in [5.74, 6) is 0. The lowest BCUT2D eigenvalue weighted by molar-refractivity contribution is 0.0521. The van der Waals surface area contributed by atoms with Crippen molar-refractivity contribution in [3.63, 3.8) is 0 Å². The Labute approximate surface area is 97.0 Å². The van der Waals surface area contributed by atoms with E-state index in [9.17, 15) is 9.90 Å². The lowest BCUT2D eigenvalue weighted by Gasteiger charge is -2.43. The standard InChI is InChI=1S/C12H22N2O2/c1-12(2,3)14(11(15)16)10-6-8-4-5-9(7-10)13-8/h8-10,13H,4-7H2,1-3H3,(H,15,16). The molecule has 0 aromatic heterocycles. The van der Waals surface area contributed by atoms with E-state index in [-0.39, 0.29) is 11.6 Å². The van der Waals surface area contributed by atoms with Crippen molar-refractivity contribution in [2.24, 2.45) is 0 Å². The fraction of sp³-hybridized carbons (Fsp3) is 0.917. The molecule has 4 heteroatoms. The Hall–Kier alpha value is -0.770. The zero-order valence-electron chi connectivity index (χ0n) is 10.4. The van der Waals surface area contributed by atoms with Gasteiger partial charge in [-0.15, -0.1) is 0 Å². The molecule has 92 valence electrons. The highest BCUT2D eigenvalue weighted by molar-refractivity contribution is 5.66. The maximum atomic E-state index is 11.4. The van der Waals surface area contributed by atoms with Crippen LogP contribution in [0.15, 0.2) is 0 Å². The molecule has 4 nitrogen and oxygen atoms in total. The summed E-state index contributed by atoms with van der Waals surface area (Å²) in [5.41, 5.74) is -0.298. The summed E-state index contributed by atoms with van der Waals surface area (Å²) in [6.07, 6.45) is 3.58. The molecule has 2 aliphatic rings. The predicted molar refractivity (Wildman–Crippen MR) is 62.6 cm³/mol. The zero-order chi connectivity index (χ0) is 11.9. The van der Waals surface area contributed by atoms with Gasteiger partial charge in [-0.1, -0.05) is 0 Å². The number of rotatable bonds is 1. The Morgan fingerprint density at radius 2 is 1.75 bits per heavy atom. The molecular weight excluding hydrogens is 204 g/mol. The Morgan fingerprint density at radius 1 is 1.25 bits per heavy atom. The van der Waals surface area contributed by atoms with Crippen LogP contribution in [0, 0.1) is 0 Å². The van der Waals surface area contributed by atoms with Crippen LogP contribution in [-0.4, -0.2) is 39.8 Å². The molecule has 2 rings (SSSR count). The van der Waals surface area contributed by atoms with Gasteiger partial charge in [0.05, 0.1) is 0 Å². The first-order valence-corrected chi connectivity index (χ1v) is 6.16. The molecule has 2 N–H and O–H groups in total. The summed E-state index contributed by atoms with van der Waals surface area (Å²) >= 11 is 0. The van der Waals surface area contributed by atoms with Crippen LogP contribution in [-0.2, 0) is 0 Å². The number of nitrogens with zero attached hydrogens (tertiary/aromatic N) is 1. The van der Waals surface area contributed by atoms with E-state index in [1.54, 1.807) is 4.90 Å². The Morgan fingerprint density at radius 3 is 2.12 bits per heavy atom. The van der Waals surface area contributed by atoms with Crippen molar-refractivity contribution in [2.45, 2.75) is 70.1 Å². The van der Waals surface area contributed by atoms with Gasteiger partial charge in [-0.2, -0.15) is 0 Å². The maximum absolute atomic E-state index is 11.4. The summed E-state index contributed by atoms with van der Waals surface area (Å²) < 4.78 is 0. The van der Waals surface area contributed by atoms with Crippen molar-refractivity contribution in [1.82, 2.24) is 10.2 Å². The van der Waals surface area contributed by atoms with Crippen LogP contribution in [0.5, 0.6) is 0 Å². The second-order valence-corrected chi connectivity index (χ2v) is 6.09. The third kappa shape index (κ3) is 2.17. The van der Waals surface area contributed by atoms with Crippen LogP contribution in [0.25, 0.3) is 0 Å². The Bertz CT molecular complexity index is 273. The second kappa shape index (κ2) is 3.91. The van der Waals surface area contributed by atoms with Crippen LogP contribution in [0.4, 0.5) is 4.79 Å². The van der Waals surface area contributed by atoms with Crippen molar-refractivity contribution in [3.8, 4) is 0 Å². The minimum Gasteiger partial charge on any atom is -0.465 e. The van der Waals surface area contributed by atoms with E-state index in [2.05, 4.69) is 5.32 Å². The summed E-state index contributed by atoms with van der Waals surface area (Å²) in [6.45, 7) is 5.93. The Kier molecular flexibility index (Phi) is 2.86. The van der Waals surface area contributed by atoms with Crippen LogP contribution < -0.4 is 5.32 Å². The van der Waals surface area contributed by atoms with Gasteiger partial charge in [-0.25, -0.2) is 4.79 Å². The molecule has 0 saturated carbocycles. The number of piperidine rings is 1. The number of carboxylic acid groups (broad SMARTS) is 1. The van der Waals surface area contributed by atoms with Crippen molar-refractivity contribution in [3.05, 3.63) is 0 Å². The topological polar surface area (TPSA) is 52.6 Å². The highest BCUT2D eigenvalue weighted by atomic mass is 16.4. The first-order chi connectivity index (χ1) is 7.38. The number of amides is 1. The quantitative estimate of drug-likeness (QED) is 0.719. The van der Waals surface area contributed by atoms with Crippen LogP contribution in [0.1, 0.15) is 46.5 Å². The molecule has 0 radical (unpaired) electrons. The van der Waals surface area contributed by atoms with Crippen molar-refractivity contribution >= 4 is 6.09 Å². The molecule has 2 atom stereocenters. The van der Waals surface area contributed by atoms with E-state index in [1.807, 2.05) is 20.8 Å². The highest BCUT2D eigenvalue weighted by Crippen LogP contribution is 2.32. The second-order valence-electron chi connectivity index (χ2n) is 6.09. The molecule has 2 unspecified atom stereocenters. The molecule has 1 amide bonds. The lowest BCUT2D eigenvalue weighted by atomic mass is 9.94. The SMILES string of the molecule is CC(C)(C)N(C(=O)O)C1CC2CCC(C1)N2. The molecular formula is C12H22N2O2.